The highest BCUT2D eigenvalue weighted by molar-refractivity contribution is 7.71. The average Bonchev–Trinajstić information content (AvgIpc) is 2.83. The Balaban J connectivity index is 2.17. The van der Waals surface area contributed by atoms with E-state index in [-0.39, 0.29) is 0 Å². The number of H-pyrrole nitrogens is 1. The van der Waals surface area contributed by atoms with Crippen LogP contribution in [0.2, 0.25) is 5.02 Å². The summed E-state index contributed by atoms with van der Waals surface area (Å²) in [6.45, 7) is 2.07. The van der Waals surface area contributed by atoms with Gasteiger partial charge in [0.1, 0.15) is 0 Å². The van der Waals surface area contributed by atoms with E-state index in [2.05, 4.69) is 36.2 Å². The second-order valence-corrected chi connectivity index (χ2v) is 5.48. The topological polar surface area (TPSA) is 20.7 Å². The number of aromatic amines is 1. The van der Waals surface area contributed by atoms with E-state index in [9.17, 15) is 0 Å². The first-order valence-electron chi connectivity index (χ1n) is 6.28. The number of imidazole rings is 1. The number of nitrogens with zero attached hydrogens (tertiary/aromatic N) is 1. The molecule has 0 atom stereocenters. The normalized spacial score (nSPS) is 10.7. The maximum Gasteiger partial charge on any atom is 0.182 e. The molecule has 3 aromatic rings. The van der Waals surface area contributed by atoms with E-state index in [1.54, 1.807) is 0 Å². The van der Waals surface area contributed by atoms with E-state index in [0.717, 1.165) is 22.0 Å². The highest BCUT2D eigenvalue weighted by Crippen LogP contribution is 2.25. The second-order valence-electron chi connectivity index (χ2n) is 4.66. The standard InChI is InChI=1S/C16H13ClN2S/c1-11-2-8-14(9-3-11)19-15(10-18-16(19)20)12-4-6-13(17)7-5-12/h2-10H,1H3,(H,18,20). The van der Waals surface area contributed by atoms with Gasteiger partial charge in [-0.3, -0.25) is 4.57 Å². The SMILES string of the molecule is Cc1ccc(-n2c(-c3ccc(Cl)cc3)c[nH]c2=S)cc1. The Kier molecular flexibility index (Phi) is 3.47. The quantitative estimate of drug-likeness (QED) is 0.648. The van der Waals surface area contributed by atoms with Crippen LogP contribution in [-0.4, -0.2) is 9.55 Å². The Morgan fingerprint density at radius 3 is 2.30 bits per heavy atom. The Labute approximate surface area is 127 Å². The van der Waals surface area contributed by atoms with Crippen molar-refractivity contribution >= 4 is 23.8 Å². The molecule has 0 fully saturated rings. The van der Waals surface area contributed by atoms with Gasteiger partial charge < -0.3 is 4.98 Å². The molecular weight excluding hydrogens is 288 g/mol. The van der Waals surface area contributed by atoms with Crippen LogP contribution in [0.4, 0.5) is 0 Å². The van der Waals surface area contributed by atoms with Gasteiger partial charge in [-0.05, 0) is 43.4 Å². The number of nitrogens with one attached hydrogen (secondary N) is 1. The van der Waals surface area contributed by atoms with Crippen molar-refractivity contribution in [3.8, 4) is 16.9 Å². The minimum atomic E-state index is 0.679. The maximum atomic E-state index is 5.94. The molecule has 1 N–H and O–H groups in total. The van der Waals surface area contributed by atoms with Crippen molar-refractivity contribution in [1.29, 1.82) is 0 Å². The predicted octanol–water partition coefficient (Wildman–Crippen LogP) is 5.16. The summed E-state index contributed by atoms with van der Waals surface area (Å²) in [5, 5.41) is 0.727. The predicted molar refractivity (Wildman–Crippen MR) is 86.1 cm³/mol. The fraction of sp³-hybridized carbons (Fsp3) is 0.0625. The molecule has 0 saturated carbocycles. The summed E-state index contributed by atoms with van der Waals surface area (Å²) in [4.78, 5) is 3.11. The van der Waals surface area contributed by atoms with Crippen LogP contribution >= 0.6 is 23.8 Å². The lowest BCUT2D eigenvalue weighted by atomic mass is 10.1. The molecule has 0 bridgehead atoms. The van der Waals surface area contributed by atoms with E-state index < -0.39 is 0 Å². The van der Waals surface area contributed by atoms with Crippen molar-refractivity contribution < 1.29 is 0 Å². The molecule has 3 rings (SSSR count). The third-order valence-electron chi connectivity index (χ3n) is 3.21. The largest absolute Gasteiger partial charge is 0.336 e. The van der Waals surface area contributed by atoms with Crippen molar-refractivity contribution in [3.05, 3.63) is 70.1 Å². The van der Waals surface area contributed by atoms with Crippen molar-refractivity contribution in [3.63, 3.8) is 0 Å². The minimum Gasteiger partial charge on any atom is -0.336 e. The smallest absolute Gasteiger partial charge is 0.182 e. The van der Waals surface area contributed by atoms with Gasteiger partial charge in [-0.15, -0.1) is 0 Å². The van der Waals surface area contributed by atoms with E-state index in [4.69, 9.17) is 23.8 Å². The van der Waals surface area contributed by atoms with Crippen LogP contribution < -0.4 is 0 Å². The van der Waals surface area contributed by atoms with Gasteiger partial charge in [-0.2, -0.15) is 0 Å². The number of halogens is 1. The summed E-state index contributed by atoms with van der Waals surface area (Å²) in [7, 11) is 0. The van der Waals surface area contributed by atoms with Crippen LogP contribution in [0, 0.1) is 11.7 Å². The van der Waals surface area contributed by atoms with Gasteiger partial charge in [0.05, 0.1) is 5.69 Å². The molecule has 2 nitrogen and oxygen atoms in total. The Morgan fingerprint density at radius 1 is 1.00 bits per heavy atom. The number of benzene rings is 2. The van der Waals surface area contributed by atoms with Crippen molar-refractivity contribution in [2.24, 2.45) is 0 Å². The fourth-order valence-corrected chi connectivity index (χ4v) is 2.54. The summed E-state index contributed by atoms with van der Waals surface area (Å²) in [5.41, 5.74) is 4.37. The molecule has 0 spiro atoms. The first kappa shape index (κ1) is 13.2. The molecule has 20 heavy (non-hydrogen) atoms. The van der Waals surface area contributed by atoms with Crippen LogP contribution in [0.5, 0.6) is 0 Å². The molecule has 0 radical (unpaired) electrons. The molecular formula is C16H13ClN2S. The molecule has 0 aliphatic carbocycles. The molecule has 2 aromatic carbocycles. The lowest BCUT2D eigenvalue weighted by Gasteiger charge is -2.09. The minimum absolute atomic E-state index is 0.679. The molecule has 100 valence electrons. The highest BCUT2D eigenvalue weighted by atomic mass is 35.5. The molecule has 4 heteroatoms. The zero-order valence-electron chi connectivity index (χ0n) is 10.9. The van der Waals surface area contributed by atoms with E-state index >= 15 is 0 Å². The van der Waals surface area contributed by atoms with Crippen LogP contribution in [0.15, 0.2) is 54.7 Å². The summed E-state index contributed by atoms with van der Waals surface area (Å²) in [6, 6.07) is 16.0. The lowest BCUT2D eigenvalue weighted by molar-refractivity contribution is 1.04. The van der Waals surface area contributed by atoms with Gasteiger partial charge in [-0.25, -0.2) is 0 Å². The average molecular weight is 301 g/mol. The highest BCUT2D eigenvalue weighted by Gasteiger charge is 2.08. The summed E-state index contributed by atoms with van der Waals surface area (Å²) >= 11 is 11.3. The van der Waals surface area contributed by atoms with Crippen molar-refractivity contribution in [2.75, 3.05) is 0 Å². The number of rotatable bonds is 2. The third-order valence-corrected chi connectivity index (χ3v) is 3.76. The monoisotopic (exact) mass is 300 g/mol. The molecule has 1 aromatic heterocycles. The molecule has 0 amide bonds. The summed E-state index contributed by atoms with van der Waals surface area (Å²) < 4.78 is 2.71. The van der Waals surface area contributed by atoms with Gasteiger partial charge in [0.15, 0.2) is 4.77 Å². The van der Waals surface area contributed by atoms with Crippen molar-refractivity contribution in [2.45, 2.75) is 6.92 Å². The zero-order chi connectivity index (χ0) is 14.1. The molecule has 0 aliphatic heterocycles. The third kappa shape index (κ3) is 2.42. The molecule has 0 unspecified atom stereocenters. The summed E-state index contributed by atoms with van der Waals surface area (Å²) in [6.07, 6.45) is 1.92. The molecule has 1 heterocycles. The number of aryl methyl sites for hydroxylation is 1. The van der Waals surface area contributed by atoms with E-state index in [0.29, 0.717) is 4.77 Å². The van der Waals surface area contributed by atoms with Crippen molar-refractivity contribution in [1.82, 2.24) is 9.55 Å². The van der Waals surface area contributed by atoms with Crippen LogP contribution in [0.25, 0.3) is 16.9 Å². The van der Waals surface area contributed by atoms with E-state index in [1.807, 2.05) is 35.0 Å². The maximum absolute atomic E-state index is 5.94. The van der Waals surface area contributed by atoms with Gasteiger partial charge in [0.2, 0.25) is 0 Å². The van der Waals surface area contributed by atoms with Gasteiger partial charge >= 0.3 is 0 Å². The van der Waals surface area contributed by atoms with Crippen LogP contribution in [0.3, 0.4) is 0 Å². The second kappa shape index (κ2) is 5.27. The number of aromatic nitrogens is 2. The Bertz CT molecular complexity index is 783. The molecule has 0 saturated heterocycles. The first-order chi connectivity index (χ1) is 9.65. The zero-order valence-corrected chi connectivity index (χ0v) is 12.5. The number of hydrogen-bond donors (Lipinski definition) is 1. The summed E-state index contributed by atoms with van der Waals surface area (Å²) in [5.74, 6) is 0. The Hall–Kier alpha value is -1.84. The fourth-order valence-electron chi connectivity index (χ4n) is 2.15. The Morgan fingerprint density at radius 2 is 1.65 bits per heavy atom. The van der Waals surface area contributed by atoms with Crippen LogP contribution in [0.1, 0.15) is 5.56 Å². The van der Waals surface area contributed by atoms with Gasteiger partial charge in [-0.1, -0.05) is 41.4 Å². The molecule has 0 aliphatic rings. The lowest BCUT2D eigenvalue weighted by Crippen LogP contribution is -1.96. The van der Waals surface area contributed by atoms with Crippen LogP contribution in [-0.2, 0) is 0 Å². The van der Waals surface area contributed by atoms with Gasteiger partial charge in [0, 0.05) is 22.5 Å². The van der Waals surface area contributed by atoms with E-state index in [1.165, 1.54) is 5.56 Å². The first-order valence-corrected chi connectivity index (χ1v) is 7.07. The van der Waals surface area contributed by atoms with Gasteiger partial charge in [0.25, 0.3) is 0 Å². The number of hydrogen-bond acceptors (Lipinski definition) is 1.